The van der Waals surface area contributed by atoms with Gasteiger partial charge in [-0.25, -0.2) is 0 Å². The van der Waals surface area contributed by atoms with Crippen LogP contribution in [0.15, 0.2) is 35.1 Å². The second-order valence-corrected chi connectivity index (χ2v) is 4.97. The molecule has 0 aliphatic carbocycles. The zero-order valence-electron chi connectivity index (χ0n) is 11.0. The molecule has 0 radical (unpaired) electrons. The van der Waals surface area contributed by atoms with Crippen LogP contribution in [0.4, 0.5) is 0 Å². The van der Waals surface area contributed by atoms with E-state index in [1.165, 1.54) is 0 Å². The molecular weight excluding hydrogens is 256 g/mol. The van der Waals surface area contributed by atoms with Gasteiger partial charge in [-0.15, -0.1) is 0 Å². The largest absolute Gasteiger partial charge is 0.355 e. The first-order valence-electron chi connectivity index (χ1n) is 6.66. The molecule has 1 saturated heterocycles. The number of hydrogen-bond donors (Lipinski definition) is 1. The Hall–Kier alpha value is -2.21. The standard InChI is InChI=1S/C14H16N4O2/c15-11-4-2-6-18(9-11)14(19)12-7-13(20-17-12)10-3-1-5-16-8-10/h1,3,5,7-8,11H,2,4,6,9,15H2. The summed E-state index contributed by atoms with van der Waals surface area (Å²) in [5.74, 6) is 0.418. The lowest BCUT2D eigenvalue weighted by molar-refractivity contribution is 0.0698. The molecule has 104 valence electrons. The Morgan fingerprint density at radius 1 is 1.50 bits per heavy atom. The highest BCUT2D eigenvalue weighted by atomic mass is 16.5. The SMILES string of the molecule is NC1CCCN(C(=O)c2cc(-c3cccnc3)on2)C1. The van der Waals surface area contributed by atoms with Crippen LogP contribution in [0.25, 0.3) is 11.3 Å². The predicted molar refractivity (Wildman–Crippen MR) is 72.8 cm³/mol. The molecule has 0 saturated carbocycles. The molecule has 20 heavy (non-hydrogen) atoms. The number of carbonyl (C=O) groups excluding carboxylic acids is 1. The quantitative estimate of drug-likeness (QED) is 0.890. The van der Waals surface area contributed by atoms with Crippen molar-refractivity contribution in [3.05, 3.63) is 36.3 Å². The maximum atomic E-state index is 12.3. The van der Waals surface area contributed by atoms with Gasteiger partial charge in [-0.1, -0.05) is 5.16 Å². The van der Waals surface area contributed by atoms with Crippen LogP contribution in [0, 0.1) is 0 Å². The Labute approximate surface area is 116 Å². The summed E-state index contributed by atoms with van der Waals surface area (Å²) >= 11 is 0. The third kappa shape index (κ3) is 2.55. The molecule has 6 heteroatoms. The van der Waals surface area contributed by atoms with Crippen molar-refractivity contribution in [1.29, 1.82) is 0 Å². The van der Waals surface area contributed by atoms with Crippen molar-refractivity contribution in [2.24, 2.45) is 5.73 Å². The van der Waals surface area contributed by atoms with Crippen LogP contribution in [0.5, 0.6) is 0 Å². The number of carbonyl (C=O) groups is 1. The van der Waals surface area contributed by atoms with Crippen molar-refractivity contribution in [3.8, 4) is 11.3 Å². The summed E-state index contributed by atoms with van der Waals surface area (Å²) in [5, 5.41) is 3.86. The number of nitrogens with two attached hydrogens (primary N) is 1. The van der Waals surface area contributed by atoms with E-state index in [0.717, 1.165) is 24.9 Å². The molecule has 1 atom stereocenters. The van der Waals surface area contributed by atoms with E-state index in [1.54, 1.807) is 23.4 Å². The summed E-state index contributed by atoms with van der Waals surface area (Å²) in [6.07, 6.45) is 5.25. The van der Waals surface area contributed by atoms with Crippen LogP contribution in [0.2, 0.25) is 0 Å². The molecule has 1 unspecified atom stereocenters. The molecule has 6 nitrogen and oxygen atoms in total. The lowest BCUT2D eigenvalue weighted by Crippen LogP contribution is -2.45. The topological polar surface area (TPSA) is 85.2 Å². The van der Waals surface area contributed by atoms with E-state index in [2.05, 4.69) is 10.1 Å². The van der Waals surface area contributed by atoms with Gasteiger partial charge in [-0.05, 0) is 25.0 Å². The third-order valence-electron chi connectivity index (χ3n) is 3.42. The summed E-state index contributed by atoms with van der Waals surface area (Å²) in [5.41, 5.74) is 7.01. The first-order chi connectivity index (χ1) is 9.74. The minimum absolute atomic E-state index is 0.0531. The van der Waals surface area contributed by atoms with Crippen LogP contribution < -0.4 is 5.73 Å². The van der Waals surface area contributed by atoms with Gasteiger partial charge >= 0.3 is 0 Å². The fourth-order valence-electron chi connectivity index (χ4n) is 2.38. The maximum absolute atomic E-state index is 12.3. The number of likely N-dealkylation sites (tertiary alicyclic amines) is 1. The number of rotatable bonds is 2. The minimum atomic E-state index is -0.126. The molecular formula is C14H16N4O2. The smallest absolute Gasteiger partial charge is 0.276 e. The van der Waals surface area contributed by atoms with E-state index in [-0.39, 0.29) is 11.9 Å². The van der Waals surface area contributed by atoms with E-state index in [4.69, 9.17) is 10.3 Å². The molecule has 0 spiro atoms. The van der Waals surface area contributed by atoms with Crippen LogP contribution in [-0.2, 0) is 0 Å². The highest BCUT2D eigenvalue weighted by Gasteiger charge is 2.24. The average Bonchev–Trinajstić information content (AvgIpc) is 2.97. The van der Waals surface area contributed by atoms with E-state index < -0.39 is 0 Å². The van der Waals surface area contributed by atoms with Crippen molar-refractivity contribution in [2.45, 2.75) is 18.9 Å². The van der Waals surface area contributed by atoms with E-state index in [1.807, 2.05) is 12.1 Å². The Bertz CT molecular complexity index is 596. The van der Waals surface area contributed by atoms with Crippen molar-refractivity contribution in [1.82, 2.24) is 15.0 Å². The van der Waals surface area contributed by atoms with Gasteiger partial charge in [0.1, 0.15) is 0 Å². The number of hydrogen-bond acceptors (Lipinski definition) is 5. The Morgan fingerprint density at radius 2 is 2.40 bits per heavy atom. The van der Waals surface area contributed by atoms with Gasteiger partial charge in [-0.3, -0.25) is 9.78 Å². The predicted octanol–water partition coefficient (Wildman–Crippen LogP) is 1.30. The molecule has 0 bridgehead atoms. The first-order valence-corrected chi connectivity index (χ1v) is 6.66. The number of aromatic nitrogens is 2. The molecule has 1 fully saturated rings. The molecule has 2 aromatic heterocycles. The number of amides is 1. The van der Waals surface area contributed by atoms with Gasteiger partial charge in [0, 0.05) is 43.2 Å². The van der Waals surface area contributed by atoms with E-state index in [9.17, 15) is 4.79 Å². The van der Waals surface area contributed by atoms with E-state index >= 15 is 0 Å². The average molecular weight is 272 g/mol. The normalized spacial score (nSPS) is 19.1. The molecule has 3 heterocycles. The zero-order valence-corrected chi connectivity index (χ0v) is 11.0. The molecule has 1 aliphatic heterocycles. The van der Waals surface area contributed by atoms with Crippen molar-refractivity contribution in [2.75, 3.05) is 13.1 Å². The summed E-state index contributed by atoms with van der Waals surface area (Å²) < 4.78 is 5.22. The monoisotopic (exact) mass is 272 g/mol. The fraction of sp³-hybridized carbons (Fsp3) is 0.357. The van der Waals surface area contributed by atoms with Gasteiger partial charge in [0.2, 0.25) is 0 Å². The molecule has 1 amide bonds. The van der Waals surface area contributed by atoms with Crippen LogP contribution in [0.3, 0.4) is 0 Å². The van der Waals surface area contributed by atoms with Crippen molar-refractivity contribution >= 4 is 5.91 Å². The third-order valence-corrected chi connectivity index (χ3v) is 3.42. The number of piperidine rings is 1. The molecule has 3 rings (SSSR count). The zero-order chi connectivity index (χ0) is 13.9. The summed E-state index contributed by atoms with van der Waals surface area (Å²) in [7, 11) is 0. The van der Waals surface area contributed by atoms with Gasteiger partial charge in [0.25, 0.3) is 5.91 Å². The molecule has 1 aliphatic rings. The van der Waals surface area contributed by atoms with Gasteiger partial charge < -0.3 is 15.2 Å². The summed E-state index contributed by atoms with van der Waals surface area (Å²) in [4.78, 5) is 18.1. The summed E-state index contributed by atoms with van der Waals surface area (Å²) in [6, 6.07) is 5.37. The van der Waals surface area contributed by atoms with Crippen LogP contribution >= 0.6 is 0 Å². The molecule has 0 aromatic carbocycles. The fourth-order valence-corrected chi connectivity index (χ4v) is 2.38. The maximum Gasteiger partial charge on any atom is 0.276 e. The minimum Gasteiger partial charge on any atom is -0.355 e. The molecule has 2 N–H and O–H groups in total. The highest BCUT2D eigenvalue weighted by molar-refractivity contribution is 5.93. The second kappa shape index (κ2) is 5.42. The van der Waals surface area contributed by atoms with E-state index in [0.29, 0.717) is 18.0 Å². The van der Waals surface area contributed by atoms with Crippen molar-refractivity contribution < 1.29 is 9.32 Å². The lowest BCUT2D eigenvalue weighted by atomic mass is 10.1. The van der Waals surface area contributed by atoms with Crippen LogP contribution in [0.1, 0.15) is 23.3 Å². The van der Waals surface area contributed by atoms with Gasteiger partial charge in [0.05, 0.1) is 0 Å². The second-order valence-electron chi connectivity index (χ2n) is 4.97. The molecule has 2 aromatic rings. The summed E-state index contributed by atoms with van der Waals surface area (Å²) in [6.45, 7) is 1.30. The lowest BCUT2D eigenvalue weighted by Gasteiger charge is -2.29. The number of nitrogens with zero attached hydrogens (tertiary/aromatic N) is 3. The Morgan fingerprint density at radius 3 is 3.15 bits per heavy atom. The Kier molecular flexibility index (Phi) is 3.47. The van der Waals surface area contributed by atoms with Crippen molar-refractivity contribution in [3.63, 3.8) is 0 Å². The van der Waals surface area contributed by atoms with Gasteiger partial charge in [0.15, 0.2) is 11.5 Å². The Balaban J connectivity index is 1.78. The number of pyridine rings is 1. The highest BCUT2D eigenvalue weighted by Crippen LogP contribution is 2.20. The van der Waals surface area contributed by atoms with Crippen LogP contribution in [-0.4, -0.2) is 40.1 Å². The first kappa shape index (κ1) is 12.8. The van der Waals surface area contributed by atoms with Gasteiger partial charge in [-0.2, -0.15) is 0 Å².